The molecule has 0 N–H and O–H groups in total. The van der Waals surface area contributed by atoms with Crippen LogP contribution in [-0.4, -0.2) is 14.5 Å². The van der Waals surface area contributed by atoms with Gasteiger partial charge in [-0.1, -0.05) is 152 Å². The number of imidazole rings is 1. The van der Waals surface area contributed by atoms with Crippen molar-refractivity contribution in [2.75, 3.05) is 0 Å². The monoisotopic (exact) mass is 900 g/mol. The Bertz CT molecular complexity index is 2860. The SMILES string of the molecule is [2H]C([2H])([2H])c1c[c-]c(-c2ccc(C([2H])([2H])[2H])cn2)cc1.[2H]C([2H])(c1ccc2c(-c3nc4ccccc4n3-c3c(-c4ccccc4)cccc3-c3ccccc3)[c-]oc2c1)C(C)C.[Ir]. The number of aryl methyl sites for hydroxylation is 2. The molecule has 1 radical (unpaired) electrons. The molecule has 3 heterocycles. The van der Waals surface area contributed by atoms with Gasteiger partial charge >= 0.3 is 0 Å². The van der Waals surface area contributed by atoms with Crippen LogP contribution in [-0.2, 0) is 26.5 Å². The van der Waals surface area contributed by atoms with E-state index < -0.39 is 20.1 Å². The molecule has 5 heteroatoms. The van der Waals surface area contributed by atoms with Crippen molar-refractivity contribution in [3.63, 3.8) is 0 Å². The van der Waals surface area contributed by atoms with Gasteiger partial charge in [0, 0.05) is 60.2 Å². The molecule has 0 amide bonds. The Morgan fingerprint density at radius 1 is 0.745 bits per heavy atom. The molecule has 55 heavy (non-hydrogen) atoms. The first-order chi connectivity index (χ1) is 29.6. The van der Waals surface area contributed by atoms with Crippen molar-refractivity contribution in [3.8, 4) is 50.6 Å². The number of hydrogen-bond donors (Lipinski definition) is 0. The maximum atomic E-state index is 8.60. The molecule has 3 aromatic heterocycles. The molecule has 0 bridgehead atoms. The fourth-order valence-corrected chi connectivity index (χ4v) is 6.61. The van der Waals surface area contributed by atoms with E-state index in [2.05, 4.69) is 94.7 Å². The Balaban J connectivity index is 0.000000239. The molecule has 0 aliphatic rings. The van der Waals surface area contributed by atoms with Gasteiger partial charge in [0.15, 0.2) is 0 Å². The van der Waals surface area contributed by atoms with Crippen molar-refractivity contribution in [2.24, 2.45) is 5.92 Å². The van der Waals surface area contributed by atoms with E-state index in [4.69, 9.17) is 20.4 Å². The van der Waals surface area contributed by atoms with E-state index in [9.17, 15) is 0 Å². The Morgan fingerprint density at radius 3 is 2.07 bits per heavy atom. The van der Waals surface area contributed by atoms with Gasteiger partial charge in [-0.25, -0.2) is 0 Å². The number of aromatic nitrogens is 3. The molecular formula is C50H41IrN3O-2. The fraction of sp³-hybridized carbons (Fsp3) is 0.120. The van der Waals surface area contributed by atoms with E-state index in [0.717, 1.165) is 55.7 Å². The minimum Gasteiger partial charge on any atom is -0.557 e. The fourth-order valence-electron chi connectivity index (χ4n) is 6.61. The molecule has 0 saturated heterocycles. The summed E-state index contributed by atoms with van der Waals surface area (Å²) in [5.74, 6) is 0.540. The van der Waals surface area contributed by atoms with Crippen LogP contribution in [0.2, 0.25) is 0 Å². The Labute approximate surface area is 348 Å². The maximum Gasteiger partial charge on any atom is 0.0774 e. The van der Waals surface area contributed by atoms with E-state index >= 15 is 0 Å². The smallest absolute Gasteiger partial charge is 0.0774 e. The van der Waals surface area contributed by atoms with Crippen LogP contribution in [0.1, 0.15) is 41.5 Å². The second kappa shape index (κ2) is 16.6. The van der Waals surface area contributed by atoms with Gasteiger partial charge < -0.3 is 14.0 Å². The molecule has 4 nitrogen and oxygen atoms in total. The molecule has 0 unspecified atom stereocenters. The van der Waals surface area contributed by atoms with Crippen LogP contribution in [0.5, 0.6) is 0 Å². The first-order valence-corrected chi connectivity index (χ1v) is 17.8. The normalized spacial score (nSPS) is 13.9. The molecule has 9 rings (SSSR count). The number of pyridine rings is 1. The largest absolute Gasteiger partial charge is 0.557 e. The second-order valence-corrected chi connectivity index (χ2v) is 13.2. The van der Waals surface area contributed by atoms with Gasteiger partial charge in [-0.15, -0.1) is 41.5 Å². The van der Waals surface area contributed by atoms with Crippen molar-refractivity contribution < 1.29 is 35.5 Å². The predicted octanol–water partition coefficient (Wildman–Crippen LogP) is 12.9. The van der Waals surface area contributed by atoms with E-state index in [0.29, 0.717) is 22.4 Å². The van der Waals surface area contributed by atoms with E-state index in [1.165, 1.54) is 24.4 Å². The third kappa shape index (κ3) is 8.00. The Hall–Kier alpha value is -5.87. The summed E-state index contributed by atoms with van der Waals surface area (Å²) >= 11 is 0. The maximum absolute atomic E-state index is 8.60. The van der Waals surface area contributed by atoms with Crippen molar-refractivity contribution in [3.05, 3.63) is 187 Å². The number of hydrogen-bond acceptors (Lipinski definition) is 3. The number of rotatable bonds is 7. The van der Waals surface area contributed by atoms with Crippen molar-refractivity contribution in [2.45, 2.75) is 33.9 Å². The van der Waals surface area contributed by atoms with E-state index in [-0.39, 0.29) is 37.2 Å². The summed E-state index contributed by atoms with van der Waals surface area (Å²) < 4.78 is 69.1. The average Bonchev–Trinajstić information content (AvgIpc) is 3.88. The van der Waals surface area contributed by atoms with Crippen molar-refractivity contribution >= 4 is 22.0 Å². The number of nitrogens with zero attached hydrogens (tertiary/aromatic N) is 3. The van der Waals surface area contributed by atoms with Crippen LogP contribution in [0.25, 0.3) is 72.6 Å². The Morgan fingerprint density at radius 2 is 1.44 bits per heavy atom. The van der Waals surface area contributed by atoms with Crippen LogP contribution in [0.3, 0.4) is 0 Å². The van der Waals surface area contributed by atoms with Gasteiger partial charge in [-0.3, -0.25) is 4.98 Å². The standard InChI is InChI=1S/C37H29N2O.C13H12N.Ir/c1-25(2)22-26-20-21-31-32(24-40-35(31)23-26)37-38-33-18-9-10-19-34(33)39(37)36-29(27-12-5-3-6-13-27)16-11-17-30(36)28-14-7-4-8-15-28;1-10-3-6-12(7-4-10)13-8-5-11(2)9-14-13;/h3-21,23,25H,22H2,1-2H3;3-6,8-9H,1-2H3;/q2*-1;/i22D2;1D3,2D3;. The van der Waals surface area contributed by atoms with Crippen LogP contribution in [0.15, 0.2) is 162 Å². The number of benzene rings is 6. The number of fused-ring (bicyclic) bond motifs is 2. The quantitative estimate of drug-likeness (QED) is 0.150. The zero-order valence-corrected chi connectivity index (χ0v) is 32.6. The summed E-state index contributed by atoms with van der Waals surface area (Å²) in [6, 6.07) is 51.5. The van der Waals surface area contributed by atoms with E-state index in [1.54, 1.807) is 18.2 Å². The van der Waals surface area contributed by atoms with Crippen LogP contribution < -0.4 is 0 Å². The first-order valence-electron chi connectivity index (χ1n) is 21.8. The number of furan rings is 1. The Kier molecular flexibility index (Phi) is 8.64. The summed E-state index contributed by atoms with van der Waals surface area (Å²) in [5.41, 5.74) is 10.7. The minimum atomic E-state index is -2.18. The molecule has 0 aliphatic carbocycles. The van der Waals surface area contributed by atoms with Gasteiger partial charge in [0.2, 0.25) is 0 Å². The van der Waals surface area contributed by atoms with Gasteiger partial charge in [0.25, 0.3) is 0 Å². The van der Waals surface area contributed by atoms with Crippen LogP contribution in [0.4, 0.5) is 0 Å². The molecule has 273 valence electrons. The number of para-hydroxylation sites is 3. The van der Waals surface area contributed by atoms with Crippen molar-refractivity contribution in [1.82, 2.24) is 14.5 Å². The van der Waals surface area contributed by atoms with Crippen LogP contribution >= 0.6 is 0 Å². The van der Waals surface area contributed by atoms with Gasteiger partial charge in [-0.05, 0) is 53.7 Å². The zero-order chi connectivity index (χ0) is 43.8. The average molecular weight is 900 g/mol. The molecule has 0 spiro atoms. The summed E-state index contributed by atoms with van der Waals surface area (Å²) in [5, 5.41) is 0.841. The third-order valence-corrected chi connectivity index (χ3v) is 9.04. The van der Waals surface area contributed by atoms with Crippen LogP contribution in [0, 0.1) is 32.0 Å². The molecule has 0 atom stereocenters. The van der Waals surface area contributed by atoms with Gasteiger partial charge in [0.1, 0.15) is 0 Å². The van der Waals surface area contributed by atoms with Gasteiger partial charge in [0.05, 0.1) is 22.5 Å². The second-order valence-electron chi connectivity index (χ2n) is 13.2. The summed E-state index contributed by atoms with van der Waals surface area (Å²) in [4.78, 5) is 9.22. The minimum absolute atomic E-state index is 0. The topological polar surface area (TPSA) is 43.9 Å². The summed E-state index contributed by atoms with van der Waals surface area (Å²) in [6.45, 7) is -0.560. The predicted molar refractivity (Wildman–Crippen MR) is 223 cm³/mol. The molecule has 0 fully saturated rings. The molecular weight excluding hydrogens is 851 g/mol. The summed E-state index contributed by atoms with van der Waals surface area (Å²) in [6.07, 6.45) is 2.97. The molecule has 0 aliphatic heterocycles. The summed E-state index contributed by atoms with van der Waals surface area (Å²) in [7, 11) is 0. The molecule has 9 aromatic rings. The third-order valence-electron chi connectivity index (χ3n) is 9.04. The molecule has 6 aromatic carbocycles. The first kappa shape index (κ1) is 28.6. The molecule has 0 saturated carbocycles. The van der Waals surface area contributed by atoms with Crippen molar-refractivity contribution in [1.29, 1.82) is 0 Å². The van der Waals surface area contributed by atoms with Gasteiger partial charge in [-0.2, -0.15) is 0 Å². The zero-order valence-electron chi connectivity index (χ0n) is 38.2. The van der Waals surface area contributed by atoms with E-state index in [1.807, 2.05) is 56.3 Å².